The second-order valence-electron chi connectivity index (χ2n) is 5.15. The largest absolute Gasteiger partial charge is 0.459 e. The molecular weight excluding hydrogens is 244 g/mol. The molecular formula is C14H20N2O3. The Balaban J connectivity index is 2.23. The van der Waals surface area contributed by atoms with Crippen LogP contribution in [-0.2, 0) is 20.7 Å². The fourth-order valence-electron chi connectivity index (χ4n) is 1.42. The maximum absolute atomic E-state index is 11.6. The van der Waals surface area contributed by atoms with Crippen molar-refractivity contribution in [2.45, 2.75) is 32.8 Å². The highest BCUT2D eigenvalue weighted by Crippen LogP contribution is 2.06. The van der Waals surface area contributed by atoms with Crippen LogP contribution in [0, 0.1) is 0 Å². The number of amides is 1. The Hall–Kier alpha value is -1.88. The molecule has 1 aromatic carbocycles. The van der Waals surface area contributed by atoms with Crippen LogP contribution in [0.5, 0.6) is 0 Å². The van der Waals surface area contributed by atoms with Gasteiger partial charge in [0.25, 0.3) is 0 Å². The Bertz CT molecular complexity index is 424. The normalized spacial score (nSPS) is 10.9. The van der Waals surface area contributed by atoms with E-state index in [1.807, 2.05) is 30.3 Å². The summed E-state index contributed by atoms with van der Waals surface area (Å²) in [4.78, 5) is 22.9. The van der Waals surface area contributed by atoms with E-state index in [0.717, 1.165) is 5.56 Å². The van der Waals surface area contributed by atoms with Gasteiger partial charge in [-0.3, -0.25) is 15.0 Å². The summed E-state index contributed by atoms with van der Waals surface area (Å²) in [5.41, 5.74) is 5.41. The Morgan fingerprint density at radius 2 is 1.79 bits per heavy atom. The summed E-state index contributed by atoms with van der Waals surface area (Å²) in [6.45, 7) is 5.31. The van der Waals surface area contributed by atoms with Crippen LogP contribution in [0.25, 0.3) is 0 Å². The minimum absolute atomic E-state index is 0.0577. The maximum atomic E-state index is 11.6. The van der Waals surface area contributed by atoms with Crippen molar-refractivity contribution in [1.29, 1.82) is 0 Å². The molecule has 0 aliphatic carbocycles. The lowest BCUT2D eigenvalue weighted by Gasteiger charge is -2.19. The Morgan fingerprint density at radius 1 is 1.16 bits per heavy atom. The lowest BCUT2D eigenvalue weighted by molar-refractivity contribution is -0.153. The van der Waals surface area contributed by atoms with Crippen molar-refractivity contribution < 1.29 is 14.3 Å². The van der Waals surface area contributed by atoms with Gasteiger partial charge >= 0.3 is 5.97 Å². The van der Waals surface area contributed by atoms with Gasteiger partial charge in [0.15, 0.2) is 0 Å². The first-order valence-corrected chi connectivity index (χ1v) is 6.14. The van der Waals surface area contributed by atoms with Crippen molar-refractivity contribution in [2.24, 2.45) is 0 Å². The van der Waals surface area contributed by atoms with Gasteiger partial charge in [0, 0.05) is 0 Å². The van der Waals surface area contributed by atoms with Crippen molar-refractivity contribution in [3.05, 3.63) is 35.9 Å². The summed E-state index contributed by atoms with van der Waals surface area (Å²) < 4.78 is 5.09. The molecule has 0 spiro atoms. The molecule has 5 nitrogen and oxygen atoms in total. The number of hydrogen-bond acceptors (Lipinski definition) is 4. The first kappa shape index (κ1) is 15.2. The first-order valence-electron chi connectivity index (χ1n) is 6.14. The molecule has 0 saturated heterocycles. The number of esters is 1. The smallest absolute Gasteiger partial charge is 0.322 e. The molecule has 19 heavy (non-hydrogen) atoms. The zero-order valence-electron chi connectivity index (χ0n) is 11.5. The average Bonchev–Trinajstić information content (AvgIpc) is 2.27. The van der Waals surface area contributed by atoms with Crippen LogP contribution < -0.4 is 10.9 Å². The van der Waals surface area contributed by atoms with E-state index in [1.54, 1.807) is 20.8 Å². The predicted octanol–water partition coefficient (Wildman–Crippen LogP) is 1.19. The fourth-order valence-corrected chi connectivity index (χ4v) is 1.42. The van der Waals surface area contributed by atoms with Crippen LogP contribution >= 0.6 is 0 Å². The molecule has 0 atom stereocenters. The van der Waals surface area contributed by atoms with Crippen LogP contribution in [0.4, 0.5) is 0 Å². The van der Waals surface area contributed by atoms with Gasteiger partial charge in [0.2, 0.25) is 5.91 Å². The number of nitrogens with one attached hydrogen (secondary N) is 2. The van der Waals surface area contributed by atoms with Gasteiger partial charge in [0.05, 0.1) is 6.42 Å². The molecule has 104 valence electrons. The highest BCUT2D eigenvalue weighted by molar-refractivity contribution is 5.79. The van der Waals surface area contributed by atoms with Crippen molar-refractivity contribution in [1.82, 2.24) is 10.9 Å². The number of benzene rings is 1. The van der Waals surface area contributed by atoms with Crippen LogP contribution in [-0.4, -0.2) is 24.0 Å². The number of rotatable bonds is 5. The molecule has 1 amide bonds. The van der Waals surface area contributed by atoms with Gasteiger partial charge in [-0.25, -0.2) is 5.43 Å². The van der Waals surface area contributed by atoms with Crippen LogP contribution in [0.1, 0.15) is 26.3 Å². The second-order valence-corrected chi connectivity index (χ2v) is 5.15. The lowest BCUT2D eigenvalue weighted by atomic mass is 10.1. The molecule has 5 heteroatoms. The summed E-state index contributed by atoms with van der Waals surface area (Å²) >= 11 is 0. The van der Waals surface area contributed by atoms with Crippen molar-refractivity contribution in [3.8, 4) is 0 Å². The van der Waals surface area contributed by atoms with Gasteiger partial charge in [-0.05, 0) is 26.3 Å². The molecule has 0 saturated carbocycles. The Kier molecular flexibility index (Phi) is 5.51. The van der Waals surface area contributed by atoms with E-state index >= 15 is 0 Å². The standard InChI is InChI=1S/C14H20N2O3/c1-14(2,3)19-13(18)10-15-16-12(17)9-11-7-5-4-6-8-11/h4-8,15H,9-10H2,1-3H3,(H,16,17). The zero-order chi connectivity index (χ0) is 14.3. The molecule has 0 fully saturated rings. The van der Waals surface area contributed by atoms with Crippen LogP contribution in [0.15, 0.2) is 30.3 Å². The Morgan fingerprint density at radius 3 is 2.37 bits per heavy atom. The van der Waals surface area contributed by atoms with E-state index in [2.05, 4.69) is 10.9 Å². The van der Waals surface area contributed by atoms with Gasteiger partial charge in [-0.15, -0.1) is 0 Å². The van der Waals surface area contributed by atoms with Gasteiger partial charge in [0.1, 0.15) is 12.1 Å². The SMILES string of the molecule is CC(C)(C)OC(=O)CNNC(=O)Cc1ccccc1. The van der Waals surface area contributed by atoms with Crippen molar-refractivity contribution >= 4 is 11.9 Å². The van der Waals surface area contributed by atoms with Crippen LogP contribution in [0.3, 0.4) is 0 Å². The minimum atomic E-state index is -0.521. The van der Waals surface area contributed by atoms with E-state index in [4.69, 9.17) is 4.74 Å². The lowest BCUT2D eigenvalue weighted by Crippen LogP contribution is -2.42. The topological polar surface area (TPSA) is 67.4 Å². The number of carbonyl (C=O) groups is 2. The zero-order valence-corrected chi connectivity index (χ0v) is 11.5. The summed E-state index contributed by atoms with van der Waals surface area (Å²) in [6.07, 6.45) is 0.266. The van der Waals surface area contributed by atoms with E-state index in [-0.39, 0.29) is 18.9 Å². The number of carbonyl (C=O) groups excluding carboxylic acids is 2. The molecule has 0 heterocycles. The molecule has 0 aromatic heterocycles. The average molecular weight is 264 g/mol. The number of hydrazine groups is 1. The third kappa shape index (κ3) is 7.21. The molecule has 1 aromatic rings. The maximum Gasteiger partial charge on any atom is 0.322 e. The second kappa shape index (κ2) is 6.89. The molecule has 0 aliphatic rings. The first-order chi connectivity index (χ1) is 8.87. The fraction of sp³-hybridized carbons (Fsp3) is 0.429. The number of ether oxygens (including phenoxy) is 1. The molecule has 0 radical (unpaired) electrons. The molecule has 0 bridgehead atoms. The third-order valence-corrected chi connectivity index (χ3v) is 2.09. The minimum Gasteiger partial charge on any atom is -0.459 e. The quantitative estimate of drug-likeness (QED) is 0.619. The molecule has 0 unspecified atom stereocenters. The van der Waals surface area contributed by atoms with Crippen molar-refractivity contribution in [3.63, 3.8) is 0 Å². The molecule has 1 rings (SSSR count). The summed E-state index contributed by atoms with van der Waals surface area (Å²) in [5.74, 6) is -0.609. The molecule has 2 N–H and O–H groups in total. The highest BCUT2D eigenvalue weighted by atomic mass is 16.6. The van der Waals surface area contributed by atoms with Gasteiger partial charge < -0.3 is 4.74 Å². The van der Waals surface area contributed by atoms with Crippen LogP contribution in [0.2, 0.25) is 0 Å². The number of hydrogen-bond donors (Lipinski definition) is 2. The highest BCUT2D eigenvalue weighted by Gasteiger charge is 2.15. The third-order valence-electron chi connectivity index (χ3n) is 2.09. The van der Waals surface area contributed by atoms with Gasteiger partial charge in [-0.2, -0.15) is 0 Å². The van der Waals surface area contributed by atoms with Gasteiger partial charge in [-0.1, -0.05) is 30.3 Å². The van der Waals surface area contributed by atoms with E-state index in [9.17, 15) is 9.59 Å². The Labute approximate surface area is 113 Å². The van der Waals surface area contributed by atoms with E-state index in [0.29, 0.717) is 0 Å². The monoisotopic (exact) mass is 264 g/mol. The van der Waals surface area contributed by atoms with Crippen molar-refractivity contribution in [2.75, 3.05) is 6.54 Å². The summed E-state index contributed by atoms with van der Waals surface area (Å²) in [5, 5.41) is 0. The predicted molar refractivity (Wildman–Crippen MR) is 72.1 cm³/mol. The summed E-state index contributed by atoms with van der Waals surface area (Å²) in [7, 11) is 0. The molecule has 0 aliphatic heterocycles. The van der Waals surface area contributed by atoms with E-state index in [1.165, 1.54) is 0 Å². The van der Waals surface area contributed by atoms with E-state index < -0.39 is 11.6 Å². The summed E-state index contributed by atoms with van der Waals surface area (Å²) in [6, 6.07) is 9.37.